The molecule has 0 saturated heterocycles. The minimum Gasteiger partial charge on any atom is -0.481 e. The van der Waals surface area contributed by atoms with Gasteiger partial charge >= 0.3 is 0 Å². The van der Waals surface area contributed by atoms with E-state index in [0.717, 1.165) is 0 Å². The Labute approximate surface area is 86.3 Å². The first-order valence-electron chi connectivity index (χ1n) is 4.29. The van der Waals surface area contributed by atoms with Crippen LogP contribution in [0.5, 0.6) is 5.88 Å². The Bertz CT molecular complexity index is 399. The van der Waals surface area contributed by atoms with E-state index in [1.807, 2.05) is 6.07 Å². The van der Waals surface area contributed by atoms with Crippen LogP contribution in [0.1, 0.15) is 23.2 Å². The van der Waals surface area contributed by atoms with Gasteiger partial charge < -0.3 is 4.74 Å². The van der Waals surface area contributed by atoms with E-state index >= 15 is 0 Å². The number of pyridine rings is 1. The molecule has 0 unspecified atom stereocenters. The van der Waals surface area contributed by atoms with Crippen molar-refractivity contribution in [1.29, 1.82) is 5.26 Å². The molecule has 0 radical (unpaired) electrons. The Morgan fingerprint density at radius 3 is 2.73 bits per heavy atom. The van der Waals surface area contributed by atoms with Gasteiger partial charge in [-0.15, -0.1) is 0 Å². The number of ether oxygens (including phenoxy) is 1. The molecule has 1 aromatic rings. The average molecular weight is 212 g/mol. The van der Waals surface area contributed by atoms with E-state index in [0.29, 0.717) is 11.1 Å². The third kappa shape index (κ3) is 2.40. The Morgan fingerprint density at radius 1 is 1.60 bits per heavy atom. The van der Waals surface area contributed by atoms with Crippen molar-refractivity contribution in [2.24, 2.45) is 0 Å². The second-order valence-corrected chi connectivity index (χ2v) is 2.97. The lowest BCUT2D eigenvalue weighted by Crippen LogP contribution is -2.02. The highest BCUT2D eigenvalue weighted by Crippen LogP contribution is 2.26. The SMILES string of the molecule is COc1cc(CC#N)c(C)c(C(F)F)n1. The van der Waals surface area contributed by atoms with Gasteiger partial charge in [0.2, 0.25) is 5.88 Å². The standard InChI is InChI=1S/C10H10F2N2O/c1-6-7(3-4-13)5-8(15-2)14-9(6)10(11)12/h5,10H,3H2,1-2H3. The molecular weight excluding hydrogens is 202 g/mol. The molecule has 1 heterocycles. The van der Waals surface area contributed by atoms with Crippen LogP contribution in [0.3, 0.4) is 0 Å². The minimum absolute atomic E-state index is 0.0738. The molecule has 0 saturated carbocycles. The molecule has 0 fully saturated rings. The maximum absolute atomic E-state index is 12.6. The topological polar surface area (TPSA) is 45.9 Å². The number of alkyl halides is 2. The number of hydrogen-bond acceptors (Lipinski definition) is 3. The summed E-state index contributed by atoms with van der Waals surface area (Å²) in [6.07, 6.45) is -2.58. The number of rotatable bonds is 3. The molecule has 0 N–H and O–H groups in total. The molecule has 0 amide bonds. The van der Waals surface area contributed by atoms with Crippen molar-refractivity contribution in [2.75, 3.05) is 7.11 Å². The van der Waals surface area contributed by atoms with Crippen LogP contribution < -0.4 is 4.74 Å². The summed E-state index contributed by atoms with van der Waals surface area (Å²) < 4.78 is 29.9. The molecule has 0 spiro atoms. The summed E-state index contributed by atoms with van der Waals surface area (Å²) in [7, 11) is 1.35. The second kappa shape index (κ2) is 4.69. The molecule has 0 aromatic carbocycles. The summed E-state index contributed by atoms with van der Waals surface area (Å²) >= 11 is 0. The quantitative estimate of drug-likeness (QED) is 0.772. The fourth-order valence-corrected chi connectivity index (χ4v) is 1.24. The molecular formula is C10H10F2N2O. The number of aromatic nitrogens is 1. The Kier molecular flexibility index (Phi) is 3.56. The van der Waals surface area contributed by atoms with Crippen molar-refractivity contribution in [2.45, 2.75) is 19.8 Å². The predicted octanol–water partition coefficient (Wildman–Crippen LogP) is 2.40. The summed E-state index contributed by atoms with van der Waals surface area (Å²) in [5.74, 6) is 0.112. The molecule has 80 valence electrons. The van der Waals surface area contributed by atoms with E-state index in [-0.39, 0.29) is 18.0 Å². The summed E-state index contributed by atoms with van der Waals surface area (Å²) in [5, 5.41) is 8.54. The lowest BCUT2D eigenvalue weighted by Gasteiger charge is -2.10. The monoisotopic (exact) mass is 212 g/mol. The van der Waals surface area contributed by atoms with Gasteiger partial charge in [-0.25, -0.2) is 13.8 Å². The largest absolute Gasteiger partial charge is 0.481 e. The summed E-state index contributed by atoms with van der Waals surface area (Å²) in [6.45, 7) is 1.53. The molecule has 1 rings (SSSR count). The van der Waals surface area contributed by atoms with Gasteiger partial charge in [-0.05, 0) is 18.1 Å². The number of halogens is 2. The Hall–Kier alpha value is -1.70. The maximum atomic E-state index is 12.6. The van der Waals surface area contributed by atoms with Gasteiger partial charge in [0, 0.05) is 6.07 Å². The lowest BCUT2D eigenvalue weighted by atomic mass is 10.1. The van der Waals surface area contributed by atoms with Crippen molar-refractivity contribution in [1.82, 2.24) is 4.98 Å². The number of hydrogen-bond donors (Lipinski definition) is 0. The molecule has 0 aliphatic carbocycles. The highest BCUT2D eigenvalue weighted by molar-refractivity contribution is 5.36. The van der Waals surface area contributed by atoms with E-state index < -0.39 is 6.43 Å². The van der Waals surface area contributed by atoms with E-state index in [4.69, 9.17) is 10.00 Å². The van der Waals surface area contributed by atoms with Crippen LogP contribution in [0.15, 0.2) is 6.07 Å². The fraction of sp³-hybridized carbons (Fsp3) is 0.400. The van der Waals surface area contributed by atoms with Crippen LogP contribution in [0.2, 0.25) is 0 Å². The van der Waals surface area contributed by atoms with Crippen molar-refractivity contribution in [3.8, 4) is 11.9 Å². The van der Waals surface area contributed by atoms with Gasteiger partial charge in [-0.3, -0.25) is 0 Å². The molecule has 5 heteroatoms. The number of methoxy groups -OCH3 is 1. The zero-order valence-corrected chi connectivity index (χ0v) is 8.42. The smallest absolute Gasteiger partial charge is 0.280 e. The third-order valence-corrected chi connectivity index (χ3v) is 2.08. The fourth-order valence-electron chi connectivity index (χ4n) is 1.24. The van der Waals surface area contributed by atoms with Crippen LogP contribution in [0.25, 0.3) is 0 Å². The Balaban J connectivity index is 3.28. The summed E-state index contributed by atoms with van der Waals surface area (Å²) in [4.78, 5) is 3.65. The lowest BCUT2D eigenvalue weighted by molar-refractivity contribution is 0.144. The van der Waals surface area contributed by atoms with Gasteiger partial charge in [0.25, 0.3) is 6.43 Å². The molecule has 0 aliphatic rings. The van der Waals surface area contributed by atoms with Gasteiger partial charge in [0.05, 0.1) is 19.6 Å². The predicted molar refractivity (Wildman–Crippen MR) is 49.8 cm³/mol. The molecule has 0 aliphatic heterocycles. The van der Waals surface area contributed by atoms with Gasteiger partial charge in [0.15, 0.2) is 0 Å². The Morgan fingerprint density at radius 2 is 2.27 bits per heavy atom. The van der Waals surface area contributed by atoms with Gasteiger partial charge in [0.1, 0.15) is 5.69 Å². The van der Waals surface area contributed by atoms with Crippen LogP contribution in [-0.2, 0) is 6.42 Å². The normalized spacial score (nSPS) is 10.1. The number of nitriles is 1. The van der Waals surface area contributed by atoms with Crippen molar-refractivity contribution in [3.63, 3.8) is 0 Å². The van der Waals surface area contributed by atoms with E-state index in [1.54, 1.807) is 0 Å². The first-order chi connectivity index (χ1) is 7.10. The maximum Gasteiger partial charge on any atom is 0.280 e. The molecule has 0 atom stereocenters. The van der Waals surface area contributed by atoms with Crippen molar-refractivity contribution < 1.29 is 13.5 Å². The third-order valence-electron chi connectivity index (χ3n) is 2.08. The van der Waals surface area contributed by atoms with Crippen LogP contribution >= 0.6 is 0 Å². The summed E-state index contributed by atoms with van der Waals surface area (Å²) in [6, 6.07) is 3.42. The van der Waals surface area contributed by atoms with Crippen molar-refractivity contribution >= 4 is 0 Å². The molecule has 1 aromatic heterocycles. The first kappa shape index (κ1) is 11.4. The molecule has 3 nitrogen and oxygen atoms in total. The first-order valence-corrected chi connectivity index (χ1v) is 4.29. The average Bonchev–Trinajstić information content (AvgIpc) is 2.21. The summed E-state index contributed by atoms with van der Waals surface area (Å²) in [5.41, 5.74) is 0.562. The number of nitrogens with zero attached hydrogens (tertiary/aromatic N) is 2. The molecule has 0 bridgehead atoms. The van der Waals surface area contributed by atoms with Gasteiger partial charge in [-0.1, -0.05) is 0 Å². The zero-order valence-electron chi connectivity index (χ0n) is 8.42. The van der Waals surface area contributed by atoms with E-state index in [9.17, 15) is 8.78 Å². The minimum atomic E-state index is -2.66. The van der Waals surface area contributed by atoms with E-state index in [1.165, 1.54) is 20.1 Å². The van der Waals surface area contributed by atoms with Gasteiger partial charge in [-0.2, -0.15) is 5.26 Å². The van der Waals surface area contributed by atoms with Crippen LogP contribution in [0, 0.1) is 18.3 Å². The second-order valence-electron chi connectivity index (χ2n) is 2.97. The van der Waals surface area contributed by atoms with E-state index in [2.05, 4.69) is 4.98 Å². The van der Waals surface area contributed by atoms with Crippen molar-refractivity contribution in [3.05, 3.63) is 22.9 Å². The highest BCUT2D eigenvalue weighted by Gasteiger charge is 2.17. The van der Waals surface area contributed by atoms with Crippen LogP contribution in [-0.4, -0.2) is 12.1 Å². The molecule has 15 heavy (non-hydrogen) atoms. The highest BCUT2D eigenvalue weighted by atomic mass is 19.3. The zero-order chi connectivity index (χ0) is 11.4. The van der Waals surface area contributed by atoms with Crippen LogP contribution in [0.4, 0.5) is 8.78 Å².